The SMILES string of the molecule is COC(=O)c1c(C)nc2ccccc2c1NCc1ccc(C#C[C@@]2(O)CC[C@@]3(C)C(CC(O)C4C3C[C@H](O)[C@@]3(C)C4CC[C@@H]3[C@H](C)CCC(=O)O)C2)cc1. The fourth-order valence-corrected chi connectivity index (χ4v) is 11.8. The van der Waals surface area contributed by atoms with E-state index in [1.54, 1.807) is 6.92 Å². The predicted molar refractivity (Wildman–Crippen MR) is 207 cm³/mol. The van der Waals surface area contributed by atoms with E-state index >= 15 is 0 Å². The van der Waals surface area contributed by atoms with Gasteiger partial charge in [-0.1, -0.05) is 62.9 Å². The Morgan fingerprint density at radius 1 is 1.04 bits per heavy atom. The fourth-order valence-electron chi connectivity index (χ4n) is 11.8. The number of hydrogen-bond donors (Lipinski definition) is 5. The molecule has 7 rings (SSSR count). The lowest BCUT2D eigenvalue weighted by atomic mass is 9.42. The first-order valence-corrected chi connectivity index (χ1v) is 19.8. The van der Waals surface area contributed by atoms with Gasteiger partial charge >= 0.3 is 11.9 Å². The van der Waals surface area contributed by atoms with E-state index in [9.17, 15) is 30.0 Å². The van der Waals surface area contributed by atoms with Crippen molar-refractivity contribution in [1.29, 1.82) is 0 Å². The summed E-state index contributed by atoms with van der Waals surface area (Å²) in [6.45, 7) is 8.94. The van der Waals surface area contributed by atoms with E-state index in [1.807, 2.05) is 48.5 Å². The minimum Gasteiger partial charge on any atom is -0.481 e. The van der Waals surface area contributed by atoms with Crippen molar-refractivity contribution in [2.75, 3.05) is 12.4 Å². The molecule has 1 heterocycles. The molecule has 3 aromatic rings. The Hall–Kier alpha value is -3.97. The van der Waals surface area contributed by atoms with Crippen LogP contribution in [0.4, 0.5) is 5.69 Å². The second kappa shape index (κ2) is 14.6. The highest BCUT2D eigenvalue weighted by Gasteiger charge is 2.66. The Balaban J connectivity index is 1.03. The lowest BCUT2D eigenvalue weighted by Gasteiger charge is -2.64. The summed E-state index contributed by atoms with van der Waals surface area (Å²) < 4.78 is 5.08. The molecular weight excluding hydrogens is 681 g/mol. The molecule has 0 saturated heterocycles. The zero-order valence-electron chi connectivity index (χ0n) is 32.3. The number of anilines is 1. The number of aliphatic carboxylic acids is 1. The van der Waals surface area contributed by atoms with Crippen LogP contribution in [-0.4, -0.2) is 62.3 Å². The predicted octanol–water partition coefficient (Wildman–Crippen LogP) is 7.13. The van der Waals surface area contributed by atoms with E-state index in [4.69, 9.17) is 4.74 Å². The van der Waals surface area contributed by atoms with Gasteiger partial charge in [-0.3, -0.25) is 9.78 Å². The number of aryl methyl sites for hydroxylation is 1. The molecule has 0 bridgehead atoms. The number of esters is 1. The van der Waals surface area contributed by atoms with E-state index in [-0.39, 0.29) is 52.8 Å². The summed E-state index contributed by atoms with van der Waals surface area (Å²) in [5.74, 6) is 6.21. The lowest BCUT2D eigenvalue weighted by Crippen LogP contribution is -2.63. The van der Waals surface area contributed by atoms with Gasteiger partial charge in [-0.15, -0.1) is 0 Å². The monoisotopic (exact) mass is 736 g/mol. The van der Waals surface area contributed by atoms with Crippen LogP contribution in [0.2, 0.25) is 0 Å². The molecule has 5 N–H and O–H groups in total. The summed E-state index contributed by atoms with van der Waals surface area (Å²) in [5, 5.41) is 49.2. The number of fused-ring (bicyclic) bond motifs is 6. The Labute approximate surface area is 318 Å². The molecule has 4 aliphatic carbocycles. The average molecular weight is 737 g/mol. The molecule has 0 radical (unpaired) electrons. The number of aromatic nitrogens is 1. The first kappa shape index (κ1) is 38.3. The van der Waals surface area contributed by atoms with Crippen LogP contribution in [0, 0.1) is 65.1 Å². The van der Waals surface area contributed by atoms with E-state index in [0.717, 1.165) is 41.3 Å². The summed E-state index contributed by atoms with van der Waals surface area (Å²) in [4.78, 5) is 28.6. The van der Waals surface area contributed by atoms with Gasteiger partial charge < -0.3 is 30.5 Å². The van der Waals surface area contributed by atoms with Crippen molar-refractivity contribution in [2.45, 2.75) is 110 Å². The van der Waals surface area contributed by atoms with E-state index in [0.29, 0.717) is 55.6 Å². The largest absolute Gasteiger partial charge is 0.481 e. The molecule has 288 valence electrons. The summed E-state index contributed by atoms with van der Waals surface area (Å²) in [5.41, 5.74) is 2.67. The van der Waals surface area contributed by atoms with Crippen molar-refractivity contribution in [2.24, 2.45) is 46.3 Å². The van der Waals surface area contributed by atoms with Crippen molar-refractivity contribution in [1.82, 2.24) is 4.98 Å². The highest BCUT2D eigenvalue weighted by Crippen LogP contribution is 2.69. The smallest absolute Gasteiger partial charge is 0.341 e. The standard InChI is InChI=1S/C45H56N2O7/c1-26(10-17-38(50)51)32-15-16-33-40-34(23-37(49)44(32,33)4)43(3)20-21-45(53,24-30(43)22-36(40)48)19-18-28-11-13-29(14-12-28)25-46-41-31-8-6-7-9-35(31)47-27(2)39(41)42(52)54-5/h6-9,11-14,26,30,32-34,36-37,40,48-49,53H,10,15-17,20-25H2,1-5H3,(H,46,47)(H,50,51)/t26-,30?,32-,33?,34?,36?,37+,40?,43+,44-,45-/m1/s1. The van der Waals surface area contributed by atoms with Crippen LogP contribution in [0.5, 0.6) is 0 Å². The number of ether oxygens (including phenoxy) is 1. The van der Waals surface area contributed by atoms with Crippen molar-refractivity contribution >= 4 is 28.5 Å². The van der Waals surface area contributed by atoms with Gasteiger partial charge in [-0.25, -0.2) is 4.79 Å². The van der Waals surface area contributed by atoms with Gasteiger partial charge in [0.05, 0.1) is 36.2 Å². The van der Waals surface area contributed by atoms with Crippen molar-refractivity contribution < 1.29 is 34.8 Å². The average Bonchev–Trinajstić information content (AvgIpc) is 3.51. The number of hydrogen-bond acceptors (Lipinski definition) is 8. The molecule has 4 saturated carbocycles. The highest BCUT2D eigenvalue weighted by atomic mass is 16.5. The van der Waals surface area contributed by atoms with Gasteiger partial charge in [-0.2, -0.15) is 0 Å². The van der Waals surface area contributed by atoms with Crippen molar-refractivity contribution in [3.8, 4) is 11.8 Å². The second-order valence-corrected chi connectivity index (χ2v) is 17.5. The van der Waals surface area contributed by atoms with Gasteiger partial charge in [0, 0.05) is 23.9 Å². The third-order valence-corrected chi connectivity index (χ3v) is 14.7. The number of nitrogens with one attached hydrogen (secondary N) is 1. The maximum absolute atomic E-state index is 12.7. The summed E-state index contributed by atoms with van der Waals surface area (Å²) in [6, 6.07) is 15.6. The molecule has 2 aromatic carbocycles. The number of para-hydroxylation sites is 1. The summed E-state index contributed by atoms with van der Waals surface area (Å²) in [6.07, 6.45) is 4.72. The third kappa shape index (κ3) is 6.69. The van der Waals surface area contributed by atoms with Gasteiger partial charge in [0.2, 0.25) is 0 Å². The molecule has 0 spiro atoms. The molecule has 9 nitrogen and oxygen atoms in total. The lowest BCUT2D eigenvalue weighted by molar-refractivity contribution is -0.211. The number of rotatable bonds is 8. The molecular formula is C45H56N2O7. The molecule has 1 aromatic heterocycles. The molecule has 0 aliphatic heterocycles. The fraction of sp³-hybridized carbons (Fsp3) is 0.578. The van der Waals surface area contributed by atoms with E-state index in [1.165, 1.54) is 7.11 Å². The molecule has 11 atom stereocenters. The number of nitrogens with zero attached hydrogens (tertiary/aromatic N) is 1. The molecule has 54 heavy (non-hydrogen) atoms. The summed E-state index contributed by atoms with van der Waals surface area (Å²) >= 11 is 0. The quantitative estimate of drug-likeness (QED) is 0.120. The number of methoxy groups -OCH3 is 1. The van der Waals surface area contributed by atoms with Gasteiger partial charge in [0.1, 0.15) is 11.2 Å². The normalized spacial score (nSPS) is 34.8. The number of carboxylic acids is 1. The molecule has 4 aliphatic rings. The molecule has 4 fully saturated rings. The maximum Gasteiger partial charge on any atom is 0.341 e. The van der Waals surface area contributed by atoms with Gasteiger partial charge in [0.25, 0.3) is 0 Å². The van der Waals surface area contributed by atoms with E-state index in [2.05, 4.69) is 42.9 Å². The third-order valence-electron chi connectivity index (χ3n) is 14.7. The van der Waals surface area contributed by atoms with Crippen LogP contribution >= 0.6 is 0 Å². The van der Waals surface area contributed by atoms with Crippen LogP contribution in [0.15, 0.2) is 48.5 Å². The molecule has 9 heteroatoms. The van der Waals surface area contributed by atoms with Crippen LogP contribution in [0.3, 0.4) is 0 Å². The highest BCUT2D eigenvalue weighted by molar-refractivity contribution is 6.06. The van der Waals surface area contributed by atoms with E-state index < -0.39 is 29.7 Å². The minimum absolute atomic E-state index is 0.0845. The Morgan fingerprint density at radius 3 is 2.50 bits per heavy atom. The molecule has 0 amide bonds. The van der Waals surface area contributed by atoms with Crippen molar-refractivity contribution in [3.05, 3.63) is 70.9 Å². The number of carbonyl (C=O) groups excluding carboxylic acids is 1. The van der Waals surface area contributed by atoms with Crippen LogP contribution in [0.25, 0.3) is 10.9 Å². The van der Waals surface area contributed by atoms with Gasteiger partial charge in [0.15, 0.2) is 0 Å². The number of benzene rings is 2. The van der Waals surface area contributed by atoms with Crippen LogP contribution in [0.1, 0.15) is 106 Å². The first-order chi connectivity index (χ1) is 25.7. The van der Waals surface area contributed by atoms with Crippen LogP contribution < -0.4 is 5.32 Å². The Bertz CT molecular complexity index is 1970. The van der Waals surface area contributed by atoms with Crippen LogP contribution in [-0.2, 0) is 16.1 Å². The maximum atomic E-state index is 12.7. The Kier molecular flexibility index (Phi) is 10.4. The summed E-state index contributed by atoms with van der Waals surface area (Å²) in [7, 11) is 1.37. The number of carboxylic acid groups (broad SMARTS) is 1. The van der Waals surface area contributed by atoms with Gasteiger partial charge in [-0.05, 0) is 128 Å². The second-order valence-electron chi connectivity index (χ2n) is 17.5. The topological polar surface area (TPSA) is 149 Å². The number of aliphatic hydroxyl groups excluding tert-OH is 2. The zero-order chi connectivity index (χ0) is 38.6. The first-order valence-electron chi connectivity index (χ1n) is 19.8. The zero-order valence-corrected chi connectivity index (χ0v) is 32.3. The minimum atomic E-state index is -1.17. The number of carbonyl (C=O) groups is 2. The Morgan fingerprint density at radius 2 is 1.78 bits per heavy atom. The van der Waals surface area contributed by atoms with Crippen molar-refractivity contribution in [3.63, 3.8) is 0 Å². The molecule has 5 unspecified atom stereocenters. The number of pyridine rings is 1. The number of aliphatic hydroxyl groups is 3.